The fourth-order valence-electron chi connectivity index (χ4n) is 3.24. The number of aliphatic hydroxyl groups excluding tert-OH is 1. The minimum atomic E-state index is -0.499. The lowest BCUT2D eigenvalue weighted by Crippen LogP contribution is -2.21. The van der Waals surface area contributed by atoms with Crippen molar-refractivity contribution in [3.8, 4) is 0 Å². The van der Waals surface area contributed by atoms with Gasteiger partial charge >= 0.3 is 0 Å². The van der Waals surface area contributed by atoms with E-state index in [0.29, 0.717) is 12.3 Å². The maximum absolute atomic E-state index is 10.7. The van der Waals surface area contributed by atoms with Crippen LogP contribution < -0.4 is 5.32 Å². The maximum Gasteiger partial charge on any atom is 0.0810 e. The molecule has 136 valence electrons. The number of hydrogen-bond donors (Lipinski definition) is 2. The molecule has 2 aromatic rings. The summed E-state index contributed by atoms with van der Waals surface area (Å²) in [7, 11) is 0. The van der Waals surface area contributed by atoms with E-state index in [1.54, 1.807) is 6.20 Å². The highest BCUT2D eigenvalue weighted by Gasteiger charge is 2.20. The number of allylic oxidation sites excluding steroid dienone is 2. The summed E-state index contributed by atoms with van der Waals surface area (Å²) in [5, 5.41) is 14.3. The first kappa shape index (κ1) is 18.4. The topological polar surface area (TPSA) is 45.1 Å². The molecule has 0 aliphatic heterocycles. The molecule has 1 aromatic heterocycles. The number of rotatable bonds is 7. The highest BCUT2D eigenvalue weighted by molar-refractivity contribution is 5.47. The van der Waals surface area contributed by atoms with Gasteiger partial charge in [-0.25, -0.2) is 0 Å². The molecule has 0 bridgehead atoms. The third-order valence-corrected chi connectivity index (χ3v) is 4.83. The lowest BCUT2D eigenvalue weighted by atomic mass is 9.95. The van der Waals surface area contributed by atoms with Crippen LogP contribution in [0, 0.1) is 0 Å². The summed E-state index contributed by atoms with van der Waals surface area (Å²) in [5.41, 5.74) is 4.32. The second kappa shape index (κ2) is 8.81. The van der Waals surface area contributed by atoms with Gasteiger partial charge in [0.1, 0.15) is 0 Å². The molecule has 1 aliphatic carbocycles. The van der Waals surface area contributed by atoms with E-state index >= 15 is 0 Å². The van der Waals surface area contributed by atoms with Crippen LogP contribution in [-0.4, -0.2) is 16.2 Å². The van der Waals surface area contributed by atoms with Crippen LogP contribution in [0.2, 0.25) is 0 Å². The molecule has 0 spiro atoms. The van der Waals surface area contributed by atoms with Gasteiger partial charge in [0.05, 0.1) is 17.8 Å². The van der Waals surface area contributed by atoms with Gasteiger partial charge in [-0.3, -0.25) is 4.98 Å². The fraction of sp³-hybridized carbons (Fsp3) is 0.348. The molecule has 0 saturated heterocycles. The van der Waals surface area contributed by atoms with E-state index in [2.05, 4.69) is 60.6 Å². The average molecular weight is 348 g/mol. The summed E-state index contributed by atoms with van der Waals surface area (Å²) in [6, 6.07) is 14.4. The van der Waals surface area contributed by atoms with Crippen LogP contribution in [0.1, 0.15) is 56.3 Å². The van der Waals surface area contributed by atoms with E-state index < -0.39 is 6.10 Å². The largest absolute Gasteiger partial charge is 0.388 e. The molecule has 26 heavy (non-hydrogen) atoms. The van der Waals surface area contributed by atoms with Crippen LogP contribution in [-0.2, 0) is 0 Å². The first-order valence-electron chi connectivity index (χ1n) is 9.45. The molecule has 2 unspecified atom stereocenters. The van der Waals surface area contributed by atoms with E-state index in [1.807, 2.05) is 24.3 Å². The Bertz CT molecular complexity index is 748. The summed E-state index contributed by atoms with van der Waals surface area (Å²) in [6.45, 7) is 4.39. The second-order valence-electron chi connectivity index (χ2n) is 7.16. The normalized spacial score (nSPS) is 16.2. The van der Waals surface area contributed by atoms with Gasteiger partial charge in [0, 0.05) is 18.3 Å². The summed E-state index contributed by atoms with van der Waals surface area (Å²) in [5.74, 6) is 0.516. The average Bonchev–Trinajstić information content (AvgIpc) is 2.69. The van der Waals surface area contributed by atoms with Crippen molar-refractivity contribution in [1.29, 1.82) is 0 Å². The van der Waals surface area contributed by atoms with Crippen molar-refractivity contribution in [3.63, 3.8) is 0 Å². The molecular formula is C23H28N2O. The molecule has 1 aromatic carbocycles. The standard InChI is InChI=1S/C23H28N2O/c1-17(2)18-11-13-20(14-12-18)25-22(21-10-6-7-15-24-21)16-23(26)19-8-4-3-5-9-19/h4,6-15,17,22-23,25-26H,3,5,16H2,1-2H3. The van der Waals surface area contributed by atoms with Crippen molar-refractivity contribution < 1.29 is 5.11 Å². The smallest absolute Gasteiger partial charge is 0.0810 e. The predicted octanol–water partition coefficient (Wildman–Crippen LogP) is 5.39. The van der Waals surface area contributed by atoms with E-state index in [-0.39, 0.29) is 6.04 Å². The lowest BCUT2D eigenvalue weighted by Gasteiger charge is -2.24. The van der Waals surface area contributed by atoms with Crippen LogP contribution in [0.15, 0.2) is 72.5 Å². The Morgan fingerprint density at radius 2 is 1.88 bits per heavy atom. The molecule has 2 atom stereocenters. The van der Waals surface area contributed by atoms with Crippen LogP contribution in [0.4, 0.5) is 5.69 Å². The zero-order valence-electron chi connectivity index (χ0n) is 15.6. The van der Waals surface area contributed by atoms with Gasteiger partial charge in [0.2, 0.25) is 0 Å². The molecule has 1 aliphatic rings. The number of aromatic nitrogens is 1. The highest BCUT2D eigenvalue weighted by atomic mass is 16.3. The third-order valence-electron chi connectivity index (χ3n) is 4.83. The Hall–Kier alpha value is -2.39. The summed E-state index contributed by atoms with van der Waals surface area (Å²) in [6.07, 6.45) is 10.3. The molecule has 0 amide bonds. The lowest BCUT2D eigenvalue weighted by molar-refractivity contribution is 0.195. The maximum atomic E-state index is 10.7. The van der Waals surface area contributed by atoms with Crippen molar-refractivity contribution in [2.75, 3.05) is 5.32 Å². The number of anilines is 1. The van der Waals surface area contributed by atoms with Crippen LogP contribution in [0.5, 0.6) is 0 Å². The Balaban J connectivity index is 1.77. The minimum Gasteiger partial charge on any atom is -0.388 e. The highest BCUT2D eigenvalue weighted by Crippen LogP contribution is 2.27. The van der Waals surface area contributed by atoms with Crippen molar-refractivity contribution in [1.82, 2.24) is 4.98 Å². The Morgan fingerprint density at radius 1 is 1.08 bits per heavy atom. The van der Waals surface area contributed by atoms with Gasteiger partial charge in [0.25, 0.3) is 0 Å². The SMILES string of the molecule is CC(C)c1ccc(NC(CC(O)C2=CCCC=C2)c2ccccn2)cc1. The minimum absolute atomic E-state index is 0.0488. The number of nitrogens with zero attached hydrogens (tertiary/aromatic N) is 1. The van der Waals surface area contributed by atoms with Crippen LogP contribution in [0.25, 0.3) is 0 Å². The molecule has 2 N–H and O–H groups in total. The number of aliphatic hydroxyl groups is 1. The molecule has 3 nitrogen and oxygen atoms in total. The predicted molar refractivity (Wildman–Crippen MR) is 108 cm³/mol. The van der Waals surface area contributed by atoms with Gasteiger partial charge in [-0.2, -0.15) is 0 Å². The Labute approximate surface area is 156 Å². The molecule has 1 heterocycles. The molecule has 0 radical (unpaired) electrons. The zero-order valence-corrected chi connectivity index (χ0v) is 15.6. The third kappa shape index (κ3) is 4.83. The van der Waals surface area contributed by atoms with E-state index in [9.17, 15) is 5.11 Å². The van der Waals surface area contributed by atoms with E-state index in [0.717, 1.165) is 29.8 Å². The summed E-state index contributed by atoms with van der Waals surface area (Å²) >= 11 is 0. The van der Waals surface area contributed by atoms with Crippen molar-refractivity contribution >= 4 is 5.69 Å². The number of hydrogen-bond acceptors (Lipinski definition) is 3. The van der Waals surface area contributed by atoms with Gasteiger partial charge < -0.3 is 10.4 Å². The second-order valence-corrected chi connectivity index (χ2v) is 7.16. The summed E-state index contributed by atoms with van der Waals surface area (Å²) in [4.78, 5) is 4.51. The van der Waals surface area contributed by atoms with E-state index in [4.69, 9.17) is 0 Å². The monoisotopic (exact) mass is 348 g/mol. The molecule has 0 fully saturated rings. The number of nitrogens with one attached hydrogen (secondary N) is 1. The number of benzene rings is 1. The van der Waals surface area contributed by atoms with Crippen molar-refractivity contribution in [2.45, 2.75) is 51.2 Å². The van der Waals surface area contributed by atoms with Crippen molar-refractivity contribution in [2.24, 2.45) is 0 Å². The number of pyridine rings is 1. The fourth-order valence-corrected chi connectivity index (χ4v) is 3.24. The quantitative estimate of drug-likeness (QED) is 0.705. The molecule has 0 saturated carbocycles. The van der Waals surface area contributed by atoms with Gasteiger partial charge in [-0.15, -0.1) is 0 Å². The Morgan fingerprint density at radius 3 is 2.50 bits per heavy atom. The Kier molecular flexibility index (Phi) is 6.24. The van der Waals surface area contributed by atoms with Gasteiger partial charge in [-0.1, -0.05) is 50.3 Å². The van der Waals surface area contributed by atoms with Crippen LogP contribution in [0.3, 0.4) is 0 Å². The van der Waals surface area contributed by atoms with Gasteiger partial charge in [-0.05, 0) is 54.2 Å². The zero-order chi connectivity index (χ0) is 18.4. The molecule has 3 heteroatoms. The van der Waals surface area contributed by atoms with Crippen molar-refractivity contribution in [3.05, 3.63) is 83.7 Å². The first-order chi connectivity index (χ1) is 12.6. The molecular weight excluding hydrogens is 320 g/mol. The van der Waals surface area contributed by atoms with E-state index in [1.165, 1.54) is 5.56 Å². The summed E-state index contributed by atoms with van der Waals surface area (Å²) < 4.78 is 0. The van der Waals surface area contributed by atoms with Gasteiger partial charge in [0.15, 0.2) is 0 Å². The first-order valence-corrected chi connectivity index (χ1v) is 9.45. The van der Waals surface area contributed by atoms with Crippen LogP contribution >= 0.6 is 0 Å². The molecule has 3 rings (SSSR count).